The van der Waals surface area contributed by atoms with Crippen molar-refractivity contribution in [3.63, 3.8) is 0 Å². The van der Waals surface area contributed by atoms with Crippen molar-refractivity contribution < 1.29 is 4.74 Å². The average molecular weight is 276 g/mol. The molecule has 0 saturated heterocycles. The third-order valence-corrected chi connectivity index (χ3v) is 3.48. The summed E-state index contributed by atoms with van der Waals surface area (Å²) in [6, 6.07) is 10.7. The Morgan fingerprint density at radius 1 is 1.16 bits per heavy atom. The molecule has 0 saturated carbocycles. The lowest BCUT2D eigenvalue weighted by molar-refractivity contribution is 0.106. The van der Waals surface area contributed by atoms with Crippen LogP contribution in [0.3, 0.4) is 0 Å². The van der Waals surface area contributed by atoms with E-state index in [-0.39, 0.29) is 0 Å². The minimum Gasteiger partial charge on any atom is -0.370 e. The molecule has 2 aromatic rings. The average Bonchev–Trinajstić information content (AvgIpc) is 2.90. The highest BCUT2D eigenvalue weighted by atomic mass is 32.1. The van der Waals surface area contributed by atoms with Crippen molar-refractivity contribution in [3.8, 4) is 0 Å². The number of ether oxygens (including phenoxy) is 1. The van der Waals surface area contributed by atoms with E-state index in [0.29, 0.717) is 19.3 Å². The molecule has 2 aromatic heterocycles. The molecule has 3 nitrogen and oxygen atoms in total. The third kappa shape index (κ3) is 5.11. The number of rotatable bonds is 7. The van der Waals surface area contributed by atoms with Gasteiger partial charge in [-0.3, -0.25) is 4.98 Å². The van der Waals surface area contributed by atoms with Gasteiger partial charge < -0.3 is 10.1 Å². The van der Waals surface area contributed by atoms with Gasteiger partial charge in [0.25, 0.3) is 0 Å². The van der Waals surface area contributed by atoms with Crippen LogP contribution in [0.1, 0.15) is 30.1 Å². The minimum absolute atomic E-state index is 0.473. The van der Waals surface area contributed by atoms with E-state index in [1.165, 1.54) is 4.88 Å². The largest absolute Gasteiger partial charge is 0.370 e. The number of aromatic nitrogens is 1. The van der Waals surface area contributed by atoms with Crippen molar-refractivity contribution in [1.82, 2.24) is 10.3 Å². The summed E-state index contributed by atoms with van der Waals surface area (Å²) in [5.74, 6) is 0. The summed E-state index contributed by atoms with van der Waals surface area (Å²) < 4.78 is 5.67. The molecule has 0 aliphatic rings. The molecule has 0 fully saturated rings. The number of hydrogen-bond donors (Lipinski definition) is 1. The third-order valence-electron chi connectivity index (χ3n) is 2.63. The number of nitrogens with zero attached hydrogens (tertiary/aromatic N) is 1. The Morgan fingerprint density at radius 2 is 2.00 bits per heavy atom. The summed E-state index contributed by atoms with van der Waals surface area (Å²) in [6.07, 6.45) is 0. The van der Waals surface area contributed by atoms with Crippen LogP contribution in [0.25, 0.3) is 0 Å². The molecule has 4 heteroatoms. The smallest absolute Gasteiger partial charge is 0.0892 e. The molecule has 102 valence electrons. The molecule has 0 aliphatic heterocycles. The molecule has 0 atom stereocenters. The quantitative estimate of drug-likeness (QED) is 0.842. The maximum absolute atomic E-state index is 5.67. The van der Waals surface area contributed by atoms with E-state index in [4.69, 9.17) is 4.74 Å². The Bertz CT molecular complexity index is 483. The Hall–Kier alpha value is -1.23. The van der Waals surface area contributed by atoms with Crippen molar-refractivity contribution in [2.75, 3.05) is 0 Å². The van der Waals surface area contributed by atoms with Crippen molar-refractivity contribution >= 4 is 11.3 Å². The van der Waals surface area contributed by atoms with Gasteiger partial charge in [-0.2, -0.15) is 0 Å². The minimum atomic E-state index is 0.473. The van der Waals surface area contributed by atoms with Crippen LogP contribution >= 0.6 is 11.3 Å². The predicted molar refractivity (Wildman–Crippen MR) is 79.0 cm³/mol. The maximum atomic E-state index is 5.67. The lowest BCUT2D eigenvalue weighted by Crippen LogP contribution is -2.22. The van der Waals surface area contributed by atoms with E-state index >= 15 is 0 Å². The van der Waals surface area contributed by atoms with E-state index in [9.17, 15) is 0 Å². The van der Waals surface area contributed by atoms with Gasteiger partial charge in [0.05, 0.1) is 24.6 Å². The zero-order chi connectivity index (χ0) is 13.5. The molecule has 0 unspecified atom stereocenters. The van der Waals surface area contributed by atoms with Gasteiger partial charge in [0.15, 0.2) is 0 Å². The first-order chi connectivity index (χ1) is 9.24. The van der Waals surface area contributed by atoms with Crippen LogP contribution in [0.15, 0.2) is 35.7 Å². The fourth-order valence-electron chi connectivity index (χ4n) is 1.67. The van der Waals surface area contributed by atoms with E-state index in [2.05, 4.69) is 35.6 Å². The highest BCUT2D eigenvalue weighted by molar-refractivity contribution is 7.09. The van der Waals surface area contributed by atoms with Gasteiger partial charge in [0.1, 0.15) is 0 Å². The van der Waals surface area contributed by atoms with Crippen LogP contribution in [-0.2, 0) is 24.5 Å². The van der Waals surface area contributed by atoms with Crippen molar-refractivity contribution in [2.45, 2.75) is 39.6 Å². The lowest BCUT2D eigenvalue weighted by Gasteiger charge is -2.09. The summed E-state index contributed by atoms with van der Waals surface area (Å²) in [5, 5.41) is 5.43. The SMILES string of the molecule is CC(C)NCc1cccc(COCc2cccs2)n1. The van der Waals surface area contributed by atoms with Gasteiger partial charge in [-0.1, -0.05) is 26.0 Å². The first-order valence-corrected chi connectivity index (χ1v) is 7.40. The molecular weight excluding hydrogens is 256 g/mol. The summed E-state index contributed by atoms with van der Waals surface area (Å²) in [7, 11) is 0. The zero-order valence-electron chi connectivity index (χ0n) is 11.4. The summed E-state index contributed by atoms with van der Waals surface area (Å²) in [4.78, 5) is 5.83. The van der Waals surface area contributed by atoms with Gasteiger partial charge >= 0.3 is 0 Å². The second-order valence-corrected chi connectivity index (χ2v) is 5.76. The van der Waals surface area contributed by atoms with Crippen LogP contribution in [0.2, 0.25) is 0 Å². The van der Waals surface area contributed by atoms with Gasteiger partial charge in [0, 0.05) is 17.5 Å². The maximum Gasteiger partial charge on any atom is 0.0892 e. The second-order valence-electron chi connectivity index (χ2n) is 4.73. The fourth-order valence-corrected chi connectivity index (χ4v) is 2.31. The van der Waals surface area contributed by atoms with Crippen LogP contribution in [0.4, 0.5) is 0 Å². The van der Waals surface area contributed by atoms with E-state index in [1.54, 1.807) is 11.3 Å². The zero-order valence-corrected chi connectivity index (χ0v) is 12.2. The Labute approximate surface area is 118 Å². The van der Waals surface area contributed by atoms with Gasteiger partial charge in [-0.15, -0.1) is 11.3 Å². The van der Waals surface area contributed by atoms with Gasteiger partial charge in [-0.05, 0) is 23.6 Å². The first-order valence-electron chi connectivity index (χ1n) is 6.52. The number of hydrogen-bond acceptors (Lipinski definition) is 4. The Balaban J connectivity index is 1.81. The lowest BCUT2D eigenvalue weighted by atomic mass is 10.3. The molecule has 19 heavy (non-hydrogen) atoms. The molecule has 2 heterocycles. The molecule has 2 rings (SSSR count). The van der Waals surface area contributed by atoms with Crippen molar-refractivity contribution in [3.05, 3.63) is 52.0 Å². The molecule has 0 aliphatic carbocycles. The van der Waals surface area contributed by atoms with Crippen molar-refractivity contribution in [2.24, 2.45) is 0 Å². The van der Waals surface area contributed by atoms with Gasteiger partial charge in [0.2, 0.25) is 0 Å². The first kappa shape index (κ1) is 14.2. The van der Waals surface area contributed by atoms with E-state index < -0.39 is 0 Å². The summed E-state index contributed by atoms with van der Waals surface area (Å²) in [5.41, 5.74) is 2.05. The molecule has 0 spiro atoms. The molecule has 0 bridgehead atoms. The molecular formula is C15H20N2OS. The predicted octanol–water partition coefficient (Wildman–Crippen LogP) is 3.36. The number of pyridine rings is 1. The normalized spacial score (nSPS) is 11.1. The number of thiophene rings is 1. The van der Waals surface area contributed by atoms with Gasteiger partial charge in [-0.25, -0.2) is 0 Å². The molecule has 0 radical (unpaired) electrons. The Kier molecular flexibility index (Phi) is 5.51. The van der Waals surface area contributed by atoms with E-state index in [0.717, 1.165) is 17.9 Å². The van der Waals surface area contributed by atoms with E-state index in [1.807, 2.05) is 24.3 Å². The molecule has 0 amide bonds. The fraction of sp³-hybridized carbons (Fsp3) is 0.400. The molecule has 1 N–H and O–H groups in total. The van der Waals surface area contributed by atoms with Crippen LogP contribution in [-0.4, -0.2) is 11.0 Å². The topological polar surface area (TPSA) is 34.1 Å². The summed E-state index contributed by atoms with van der Waals surface area (Å²) in [6.45, 7) is 6.29. The summed E-state index contributed by atoms with van der Waals surface area (Å²) >= 11 is 1.72. The monoisotopic (exact) mass is 276 g/mol. The van der Waals surface area contributed by atoms with Crippen molar-refractivity contribution in [1.29, 1.82) is 0 Å². The van der Waals surface area contributed by atoms with Crippen LogP contribution < -0.4 is 5.32 Å². The highest BCUT2D eigenvalue weighted by Gasteiger charge is 2.00. The number of nitrogens with one attached hydrogen (secondary N) is 1. The highest BCUT2D eigenvalue weighted by Crippen LogP contribution is 2.11. The van der Waals surface area contributed by atoms with Crippen LogP contribution in [0.5, 0.6) is 0 Å². The Morgan fingerprint density at radius 3 is 2.74 bits per heavy atom. The second kappa shape index (κ2) is 7.38. The standard InChI is InChI=1S/C15H20N2OS/c1-12(2)16-9-13-5-3-6-14(17-13)10-18-11-15-7-4-8-19-15/h3-8,12,16H,9-11H2,1-2H3. The van der Waals surface area contributed by atoms with Crippen LogP contribution in [0, 0.1) is 0 Å². The molecule has 0 aromatic carbocycles.